The van der Waals surface area contributed by atoms with Crippen LogP contribution >= 0.6 is 0 Å². The predicted octanol–water partition coefficient (Wildman–Crippen LogP) is -0.321. The van der Waals surface area contributed by atoms with Gasteiger partial charge < -0.3 is 10.4 Å². The summed E-state index contributed by atoms with van der Waals surface area (Å²) in [7, 11) is 1.47. The van der Waals surface area contributed by atoms with Crippen molar-refractivity contribution in [1.82, 2.24) is 15.5 Å². The van der Waals surface area contributed by atoms with E-state index in [-0.39, 0.29) is 25.1 Å². The van der Waals surface area contributed by atoms with Gasteiger partial charge in [-0.3, -0.25) is 15.0 Å². The van der Waals surface area contributed by atoms with E-state index in [4.69, 9.17) is 5.11 Å². The van der Waals surface area contributed by atoms with E-state index in [2.05, 4.69) is 10.6 Å². The van der Waals surface area contributed by atoms with Crippen LogP contribution < -0.4 is 10.6 Å². The Bertz CT molecular complexity index is 269. The number of hydrogen-bond acceptors (Lipinski definition) is 4. The van der Waals surface area contributed by atoms with Gasteiger partial charge in [-0.2, -0.15) is 0 Å². The van der Waals surface area contributed by atoms with E-state index in [0.29, 0.717) is 6.42 Å². The molecule has 0 bridgehead atoms. The fraction of sp³-hybridized carbons (Fsp3) is 0.818. The lowest BCUT2D eigenvalue weighted by Gasteiger charge is -2.34. The fourth-order valence-corrected chi connectivity index (χ4v) is 2.16. The number of aliphatic hydroxyl groups is 1. The van der Waals surface area contributed by atoms with Crippen molar-refractivity contribution >= 4 is 11.9 Å². The van der Waals surface area contributed by atoms with Crippen LogP contribution in [0.2, 0.25) is 0 Å². The summed E-state index contributed by atoms with van der Waals surface area (Å²) in [6.45, 7) is 1.21. The lowest BCUT2D eigenvalue weighted by atomic mass is 10.00. The quantitative estimate of drug-likeness (QED) is 0.632. The molecule has 0 aromatic carbocycles. The van der Waals surface area contributed by atoms with Crippen molar-refractivity contribution in [3.05, 3.63) is 0 Å². The van der Waals surface area contributed by atoms with Crippen molar-refractivity contribution in [3.63, 3.8) is 0 Å². The second-order valence-corrected chi connectivity index (χ2v) is 4.26. The fourth-order valence-electron chi connectivity index (χ4n) is 2.16. The molecule has 0 spiro atoms. The first kappa shape index (κ1) is 13.9. The molecule has 17 heavy (non-hydrogen) atoms. The minimum absolute atomic E-state index is 0.137. The maximum Gasteiger partial charge on any atom is 0.321 e. The van der Waals surface area contributed by atoms with E-state index in [1.54, 1.807) is 0 Å². The van der Waals surface area contributed by atoms with Gasteiger partial charge in [0, 0.05) is 19.7 Å². The van der Waals surface area contributed by atoms with Crippen LogP contribution in [-0.4, -0.2) is 54.7 Å². The Balaban J connectivity index is 2.41. The van der Waals surface area contributed by atoms with Gasteiger partial charge in [0.25, 0.3) is 0 Å². The average Bonchev–Trinajstić information content (AvgIpc) is 2.31. The highest BCUT2D eigenvalue weighted by atomic mass is 16.3. The molecule has 1 unspecified atom stereocenters. The molecule has 1 saturated heterocycles. The molecule has 6 heteroatoms. The molecule has 1 aliphatic heterocycles. The molecule has 3 amide bonds. The van der Waals surface area contributed by atoms with Crippen molar-refractivity contribution in [2.24, 2.45) is 0 Å². The summed E-state index contributed by atoms with van der Waals surface area (Å²) in [6.07, 6.45) is 3.90. The Morgan fingerprint density at radius 1 is 1.41 bits per heavy atom. The molecule has 0 saturated carbocycles. The van der Waals surface area contributed by atoms with E-state index >= 15 is 0 Å². The van der Waals surface area contributed by atoms with Crippen LogP contribution in [0.4, 0.5) is 4.79 Å². The number of imide groups is 1. The molecule has 3 N–H and O–H groups in total. The predicted molar refractivity (Wildman–Crippen MR) is 63.5 cm³/mol. The van der Waals surface area contributed by atoms with Crippen LogP contribution in [0.5, 0.6) is 0 Å². The highest BCUT2D eigenvalue weighted by Gasteiger charge is 2.24. The van der Waals surface area contributed by atoms with Crippen LogP contribution in [0.15, 0.2) is 0 Å². The zero-order valence-corrected chi connectivity index (χ0v) is 10.2. The zero-order valence-electron chi connectivity index (χ0n) is 10.2. The number of amides is 3. The van der Waals surface area contributed by atoms with Gasteiger partial charge in [-0.05, 0) is 25.8 Å². The van der Waals surface area contributed by atoms with E-state index < -0.39 is 6.03 Å². The molecule has 0 radical (unpaired) electrons. The third-order valence-electron chi connectivity index (χ3n) is 3.04. The molecule has 1 fully saturated rings. The number of carbonyl (C=O) groups is 2. The Kier molecular flexibility index (Phi) is 5.93. The van der Waals surface area contributed by atoms with Crippen LogP contribution in [0.25, 0.3) is 0 Å². The Labute approximate surface area is 101 Å². The first-order valence-electron chi connectivity index (χ1n) is 6.04. The highest BCUT2D eigenvalue weighted by molar-refractivity contribution is 5.95. The van der Waals surface area contributed by atoms with Crippen LogP contribution in [-0.2, 0) is 4.79 Å². The Morgan fingerprint density at radius 2 is 2.18 bits per heavy atom. The van der Waals surface area contributed by atoms with Crippen molar-refractivity contribution in [2.75, 3.05) is 26.7 Å². The first-order valence-corrected chi connectivity index (χ1v) is 6.04. The van der Waals surface area contributed by atoms with Gasteiger partial charge >= 0.3 is 6.03 Å². The summed E-state index contributed by atoms with van der Waals surface area (Å²) in [5, 5.41) is 13.5. The second-order valence-electron chi connectivity index (χ2n) is 4.26. The number of piperidine rings is 1. The van der Waals surface area contributed by atoms with Crippen molar-refractivity contribution in [3.8, 4) is 0 Å². The number of rotatable bonds is 4. The Hall–Kier alpha value is -1.14. The van der Waals surface area contributed by atoms with E-state index in [0.717, 1.165) is 25.8 Å². The first-order chi connectivity index (χ1) is 8.17. The lowest BCUT2D eigenvalue weighted by Crippen LogP contribution is -2.48. The van der Waals surface area contributed by atoms with Crippen molar-refractivity contribution < 1.29 is 14.7 Å². The highest BCUT2D eigenvalue weighted by Crippen LogP contribution is 2.18. The molecule has 1 heterocycles. The van der Waals surface area contributed by atoms with Crippen LogP contribution in [0.1, 0.15) is 25.7 Å². The molecular weight excluding hydrogens is 222 g/mol. The summed E-state index contributed by atoms with van der Waals surface area (Å²) < 4.78 is 0. The monoisotopic (exact) mass is 243 g/mol. The van der Waals surface area contributed by atoms with E-state index in [1.165, 1.54) is 7.05 Å². The molecule has 1 rings (SSSR count). The summed E-state index contributed by atoms with van der Waals surface area (Å²) in [6, 6.07) is -0.227. The summed E-state index contributed by atoms with van der Waals surface area (Å²) in [4.78, 5) is 24.6. The summed E-state index contributed by atoms with van der Waals surface area (Å²) >= 11 is 0. The number of aliphatic hydroxyl groups excluding tert-OH is 1. The average molecular weight is 243 g/mol. The van der Waals surface area contributed by atoms with Gasteiger partial charge in [0.1, 0.15) is 0 Å². The van der Waals surface area contributed by atoms with Gasteiger partial charge in [0.2, 0.25) is 5.91 Å². The molecule has 98 valence electrons. The standard InChI is InChI=1S/C11H21N3O3/c1-12-11(17)13-10(16)8-14-6-3-2-4-9(14)5-7-15/h9,15H,2-8H2,1H3,(H2,12,13,16,17). The third kappa shape index (κ3) is 4.70. The molecule has 1 atom stereocenters. The number of nitrogens with one attached hydrogen (secondary N) is 2. The number of likely N-dealkylation sites (tertiary alicyclic amines) is 1. The summed E-state index contributed by atoms with van der Waals surface area (Å²) in [5.74, 6) is -0.297. The van der Waals surface area contributed by atoms with Crippen molar-refractivity contribution in [2.45, 2.75) is 31.7 Å². The van der Waals surface area contributed by atoms with Crippen molar-refractivity contribution in [1.29, 1.82) is 0 Å². The number of nitrogens with zero attached hydrogens (tertiary/aromatic N) is 1. The number of urea groups is 1. The Morgan fingerprint density at radius 3 is 2.82 bits per heavy atom. The van der Waals surface area contributed by atoms with E-state index in [9.17, 15) is 9.59 Å². The van der Waals surface area contributed by atoms with E-state index in [1.807, 2.05) is 4.90 Å². The molecule has 0 aliphatic carbocycles. The number of hydrogen-bond donors (Lipinski definition) is 3. The van der Waals surface area contributed by atoms with Gasteiger partial charge in [-0.15, -0.1) is 0 Å². The number of carbonyl (C=O) groups excluding carboxylic acids is 2. The molecule has 0 aromatic rings. The minimum atomic E-state index is -0.481. The second kappa shape index (κ2) is 7.24. The third-order valence-corrected chi connectivity index (χ3v) is 3.04. The lowest BCUT2D eigenvalue weighted by molar-refractivity contribution is -0.122. The zero-order chi connectivity index (χ0) is 12.7. The largest absolute Gasteiger partial charge is 0.396 e. The van der Waals surface area contributed by atoms with Crippen LogP contribution in [0, 0.1) is 0 Å². The normalized spacial score (nSPS) is 20.9. The van der Waals surface area contributed by atoms with Gasteiger partial charge in [0.05, 0.1) is 6.54 Å². The molecule has 6 nitrogen and oxygen atoms in total. The maximum atomic E-state index is 11.6. The topological polar surface area (TPSA) is 81.7 Å². The molecular formula is C11H21N3O3. The van der Waals surface area contributed by atoms with Crippen LogP contribution in [0.3, 0.4) is 0 Å². The van der Waals surface area contributed by atoms with Gasteiger partial charge in [-0.1, -0.05) is 6.42 Å². The van der Waals surface area contributed by atoms with Gasteiger partial charge in [0.15, 0.2) is 0 Å². The SMILES string of the molecule is CNC(=O)NC(=O)CN1CCCCC1CCO. The maximum absolute atomic E-state index is 11.6. The molecule has 1 aliphatic rings. The summed E-state index contributed by atoms with van der Waals surface area (Å²) in [5.41, 5.74) is 0. The minimum Gasteiger partial charge on any atom is -0.396 e. The smallest absolute Gasteiger partial charge is 0.321 e. The molecule has 0 aromatic heterocycles. The van der Waals surface area contributed by atoms with Gasteiger partial charge in [-0.25, -0.2) is 4.79 Å².